The van der Waals surface area contributed by atoms with Crippen LogP contribution in [0.3, 0.4) is 0 Å². The highest BCUT2D eigenvalue weighted by atomic mass is 16.5. The summed E-state index contributed by atoms with van der Waals surface area (Å²) < 4.78 is 6.06. The smallest absolute Gasteiger partial charge is 0.323 e. The predicted molar refractivity (Wildman–Crippen MR) is 159 cm³/mol. The van der Waals surface area contributed by atoms with Crippen LogP contribution in [0.1, 0.15) is 69.9 Å². The van der Waals surface area contributed by atoms with Gasteiger partial charge in [0.15, 0.2) is 0 Å². The molecule has 2 heterocycles. The predicted octanol–water partition coefficient (Wildman–Crippen LogP) is 7.00. The molecule has 0 spiro atoms. The van der Waals surface area contributed by atoms with Crippen molar-refractivity contribution in [1.29, 1.82) is 0 Å². The summed E-state index contributed by atoms with van der Waals surface area (Å²) in [4.78, 5) is 20.8. The third-order valence-corrected chi connectivity index (χ3v) is 11.3. The maximum Gasteiger partial charge on any atom is 0.323 e. The molecule has 3 aromatic rings. The molecule has 7 atom stereocenters. The Morgan fingerprint density at radius 1 is 1.07 bits per heavy atom. The minimum absolute atomic E-state index is 0.0726. The lowest BCUT2D eigenvalue weighted by atomic mass is 9.47. The van der Waals surface area contributed by atoms with Gasteiger partial charge in [-0.2, -0.15) is 0 Å². The van der Waals surface area contributed by atoms with E-state index < -0.39 is 6.04 Å². The van der Waals surface area contributed by atoms with E-state index >= 15 is 0 Å². The zero-order chi connectivity index (χ0) is 27.5. The molecule has 4 aliphatic carbocycles. The number of carbonyl (C=O) groups is 1. The molecule has 5 heteroatoms. The fourth-order valence-corrected chi connectivity index (χ4v) is 9.14. The summed E-state index contributed by atoms with van der Waals surface area (Å²) in [5.74, 6) is 1.82. The highest BCUT2D eigenvalue weighted by Crippen LogP contribution is 2.66. The van der Waals surface area contributed by atoms with E-state index in [9.17, 15) is 4.79 Å². The average molecular weight is 536 g/mol. The van der Waals surface area contributed by atoms with Crippen molar-refractivity contribution in [3.05, 3.63) is 83.8 Å². The molecule has 2 fully saturated rings. The molecule has 0 radical (unpaired) electrons. The van der Waals surface area contributed by atoms with Gasteiger partial charge in [-0.1, -0.05) is 55.8 Å². The minimum Gasteiger partial charge on any atom is -0.461 e. The molecule has 0 saturated heterocycles. The van der Waals surface area contributed by atoms with Gasteiger partial charge in [0.25, 0.3) is 0 Å². The van der Waals surface area contributed by atoms with E-state index in [1.807, 2.05) is 36.8 Å². The third kappa shape index (κ3) is 4.08. The monoisotopic (exact) mass is 535 g/mol. The van der Waals surface area contributed by atoms with Crippen LogP contribution in [0, 0.1) is 28.6 Å². The van der Waals surface area contributed by atoms with Gasteiger partial charge < -0.3 is 15.5 Å². The quantitative estimate of drug-likeness (QED) is 0.272. The number of nitrogens with one attached hydrogen (secondary N) is 1. The van der Waals surface area contributed by atoms with Gasteiger partial charge >= 0.3 is 5.97 Å². The van der Waals surface area contributed by atoms with Crippen LogP contribution in [0.2, 0.25) is 0 Å². The zero-order valence-corrected chi connectivity index (χ0v) is 23.7. The number of aromatic amines is 1. The van der Waals surface area contributed by atoms with Crippen molar-refractivity contribution in [3.8, 4) is 0 Å². The largest absolute Gasteiger partial charge is 0.461 e. The molecular formula is C35H41N3O2. The molecule has 0 bridgehead atoms. The number of pyridine rings is 1. The number of aromatic nitrogens is 2. The Labute approximate surface area is 237 Å². The first-order chi connectivity index (χ1) is 19.4. The van der Waals surface area contributed by atoms with E-state index in [-0.39, 0.29) is 22.9 Å². The summed E-state index contributed by atoms with van der Waals surface area (Å²) >= 11 is 0. The van der Waals surface area contributed by atoms with E-state index in [4.69, 9.17) is 10.5 Å². The van der Waals surface area contributed by atoms with E-state index in [1.165, 1.54) is 36.0 Å². The maximum absolute atomic E-state index is 13.1. The summed E-state index contributed by atoms with van der Waals surface area (Å²) in [6.45, 7) is 5.01. The van der Waals surface area contributed by atoms with Gasteiger partial charge in [0.2, 0.25) is 0 Å². The molecule has 0 amide bonds. The molecule has 2 aromatic heterocycles. The lowest BCUT2D eigenvalue weighted by molar-refractivity contribution is -0.153. The standard InChI is InChI=1S/C35H41N3O2/c1-34-15-13-25(40-33(39)31(36)18-23-21-38-32-8-4-3-7-26(23)32)19-24(34)9-10-27-29-12-11-28(22-6-5-17-37-20-22)35(29,2)16-14-30(27)34/h3-9,11,17,20-21,25,27,29-31,38H,10,12-16,18-19,36H2,1-2H3/t25-,27-,29-,30-,31?,34-,35+/m0/s1. The number of allylic oxidation sites excluding steroid dienone is 3. The Hall–Kier alpha value is -3.18. The molecule has 0 aliphatic heterocycles. The zero-order valence-electron chi connectivity index (χ0n) is 23.7. The van der Waals surface area contributed by atoms with Crippen molar-refractivity contribution < 1.29 is 9.53 Å². The van der Waals surface area contributed by atoms with Gasteiger partial charge in [0.1, 0.15) is 12.1 Å². The van der Waals surface area contributed by atoms with E-state index in [0.29, 0.717) is 24.2 Å². The first-order valence-electron chi connectivity index (χ1n) is 15.2. The van der Waals surface area contributed by atoms with Gasteiger partial charge in [-0.3, -0.25) is 9.78 Å². The van der Waals surface area contributed by atoms with Crippen LogP contribution in [-0.4, -0.2) is 28.1 Å². The molecule has 2 saturated carbocycles. The first kappa shape index (κ1) is 25.8. The van der Waals surface area contributed by atoms with Crippen LogP contribution in [0.5, 0.6) is 0 Å². The maximum atomic E-state index is 13.1. The van der Waals surface area contributed by atoms with Crippen molar-refractivity contribution in [3.63, 3.8) is 0 Å². The van der Waals surface area contributed by atoms with Crippen LogP contribution in [0.4, 0.5) is 0 Å². The van der Waals surface area contributed by atoms with Gasteiger partial charge in [-0.15, -0.1) is 0 Å². The number of rotatable bonds is 5. The highest BCUT2D eigenvalue weighted by Gasteiger charge is 2.57. The Balaban J connectivity index is 1.02. The van der Waals surface area contributed by atoms with Gasteiger partial charge in [0.05, 0.1) is 0 Å². The second-order valence-electron chi connectivity index (χ2n) is 13.3. The van der Waals surface area contributed by atoms with E-state index in [0.717, 1.165) is 42.1 Å². The fourth-order valence-electron chi connectivity index (χ4n) is 9.14. The van der Waals surface area contributed by atoms with Crippen LogP contribution in [0.25, 0.3) is 16.5 Å². The van der Waals surface area contributed by atoms with Crippen molar-refractivity contribution in [2.75, 3.05) is 0 Å². The van der Waals surface area contributed by atoms with Crippen molar-refractivity contribution in [2.24, 2.45) is 34.3 Å². The normalized spacial score (nSPS) is 33.8. The van der Waals surface area contributed by atoms with Crippen molar-refractivity contribution >= 4 is 22.4 Å². The minimum atomic E-state index is -0.655. The summed E-state index contributed by atoms with van der Waals surface area (Å²) in [5.41, 5.74) is 13.3. The molecule has 3 N–H and O–H groups in total. The number of ether oxygens (including phenoxy) is 1. The number of nitrogens with two attached hydrogens (primary N) is 1. The fraction of sp³-hybridized carbons (Fsp3) is 0.486. The summed E-state index contributed by atoms with van der Waals surface area (Å²) in [6, 6.07) is 11.8. The number of hydrogen-bond donors (Lipinski definition) is 2. The van der Waals surface area contributed by atoms with Crippen molar-refractivity contribution in [2.45, 2.75) is 77.4 Å². The van der Waals surface area contributed by atoms with Gasteiger partial charge in [-0.05, 0) is 95.9 Å². The summed E-state index contributed by atoms with van der Waals surface area (Å²) in [7, 11) is 0. The molecule has 7 rings (SSSR count). The topological polar surface area (TPSA) is 81.0 Å². The molecular weight excluding hydrogens is 494 g/mol. The molecule has 40 heavy (non-hydrogen) atoms. The van der Waals surface area contributed by atoms with Crippen LogP contribution >= 0.6 is 0 Å². The lowest BCUT2D eigenvalue weighted by Gasteiger charge is -2.57. The average Bonchev–Trinajstić information content (AvgIpc) is 3.54. The Morgan fingerprint density at radius 2 is 1.93 bits per heavy atom. The second kappa shape index (κ2) is 9.73. The number of nitrogens with zero attached hydrogens (tertiary/aromatic N) is 1. The van der Waals surface area contributed by atoms with Gasteiger partial charge in [0, 0.05) is 42.3 Å². The second-order valence-corrected chi connectivity index (χ2v) is 13.3. The number of H-pyrrole nitrogens is 1. The Morgan fingerprint density at radius 3 is 2.77 bits per heavy atom. The molecule has 208 valence electrons. The number of hydrogen-bond acceptors (Lipinski definition) is 4. The van der Waals surface area contributed by atoms with Crippen LogP contribution in [-0.2, 0) is 16.0 Å². The van der Waals surface area contributed by atoms with Crippen molar-refractivity contribution in [1.82, 2.24) is 9.97 Å². The Kier molecular flexibility index (Phi) is 6.27. The molecule has 1 unspecified atom stereocenters. The number of para-hydroxylation sites is 1. The van der Waals surface area contributed by atoms with E-state index in [2.05, 4.69) is 54.2 Å². The summed E-state index contributed by atoms with van der Waals surface area (Å²) in [6.07, 6.45) is 19.0. The summed E-state index contributed by atoms with van der Waals surface area (Å²) in [5, 5.41) is 1.12. The first-order valence-corrected chi connectivity index (χ1v) is 15.2. The van der Waals surface area contributed by atoms with Crippen LogP contribution < -0.4 is 5.73 Å². The number of carbonyl (C=O) groups excluding carboxylic acids is 1. The molecule has 1 aromatic carbocycles. The van der Waals surface area contributed by atoms with Gasteiger partial charge in [-0.25, -0.2) is 0 Å². The lowest BCUT2D eigenvalue weighted by Crippen LogP contribution is -2.50. The number of esters is 1. The number of fused-ring (bicyclic) bond motifs is 6. The SMILES string of the molecule is C[C@]12CC[C@H](OC(=O)C(N)Cc3c[nH]c4ccccc34)CC1=CC[C@@H]1[C@@H]2CC[C@]2(C)C(c3cccnc3)=CC[C@@H]12. The Bertz CT molecular complexity index is 1490. The highest BCUT2D eigenvalue weighted by molar-refractivity contribution is 5.84. The molecule has 5 nitrogen and oxygen atoms in total. The van der Waals surface area contributed by atoms with E-state index in [1.54, 1.807) is 0 Å². The molecule has 4 aliphatic rings. The number of benzene rings is 1. The third-order valence-electron chi connectivity index (χ3n) is 11.3. The van der Waals surface area contributed by atoms with Crippen LogP contribution in [0.15, 0.2) is 72.7 Å².